The number of ether oxygens (including phenoxy) is 1. The highest BCUT2D eigenvalue weighted by molar-refractivity contribution is 5.75. The van der Waals surface area contributed by atoms with E-state index in [2.05, 4.69) is 0 Å². The van der Waals surface area contributed by atoms with Crippen LogP contribution in [0.5, 0.6) is 5.75 Å². The average molecular weight is 251 g/mol. The van der Waals surface area contributed by atoms with Gasteiger partial charge in [-0.2, -0.15) is 0 Å². The number of hydrogen-bond donors (Lipinski definition) is 2. The number of rotatable bonds is 6. The SMILES string of the molecule is COc1ccc(CC(CN)(C(=O)O)C(C)C)cc1. The molecule has 0 amide bonds. The molecular weight excluding hydrogens is 230 g/mol. The van der Waals surface area contributed by atoms with Crippen molar-refractivity contribution in [1.29, 1.82) is 0 Å². The second-order valence-corrected chi connectivity index (χ2v) is 4.84. The van der Waals surface area contributed by atoms with E-state index in [1.807, 2.05) is 38.1 Å². The van der Waals surface area contributed by atoms with Gasteiger partial charge in [0, 0.05) is 6.54 Å². The molecule has 0 aliphatic heterocycles. The predicted octanol–water partition coefficient (Wildman–Crippen LogP) is 1.92. The topological polar surface area (TPSA) is 72.5 Å². The van der Waals surface area contributed by atoms with E-state index in [0.717, 1.165) is 11.3 Å². The minimum absolute atomic E-state index is 0.0258. The molecule has 0 saturated carbocycles. The van der Waals surface area contributed by atoms with Crippen molar-refractivity contribution < 1.29 is 14.6 Å². The first-order valence-electron chi connectivity index (χ1n) is 6.02. The van der Waals surface area contributed by atoms with Crippen LogP contribution in [0.25, 0.3) is 0 Å². The molecule has 1 rings (SSSR count). The minimum atomic E-state index is -0.908. The van der Waals surface area contributed by atoms with Crippen molar-refractivity contribution in [3.05, 3.63) is 29.8 Å². The molecule has 0 heterocycles. The van der Waals surface area contributed by atoms with Gasteiger partial charge in [-0.15, -0.1) is 0 Å². The summed E-state index contributed by atoms with van der Waals surface area (Å²) in [7, 11) is 1.60. The fourth-order valence-electron chi connectivity index (χ4n) is 2.03. The minimum Gasteiger partial charge on any atom is -0.497 e. The zero-order valence-corrected chi connectivity index (χ0v) is 11.1. The maximum atomic E-state index is 11.5. The van der Waals surface area contributed by atoms with Gasteiger partial charge in [0.1, 0.15) is 5.75 Å². The summed E-state index contributed by atoms with van der Waals surface area (Å²) in [4.78, 5) is 11.5. The van der Waals surface area contributed by atoms with Crippen LogP contribution >= 0.6 is 0 Å². The van der Waals surface area contributed by atoms with Crippen molar-refractivity contribution in [2.45, 2.75) is 20.3 Å². The lowest BCUT2D eigenvalue weighted by molar-refractivity contribution is -0.151. The van der Waals surface area contributed by atoms with E-state index in [-0.39, 0.29) is 12.5 Å². The molecule has 1 unspecified atom stereocenters. The van der Waals surface area contributed by atoms with Gasteiger partial charge in [-0.25, -0.2) is 0 Å². The highest BCUT2D eigenvalue weighted by atomic mass is 16.5. The molecule has 4 heteroatoms. The summed E-state index contributed by atoms with van der Waals surface area (Å²) in [5.41, 5.74) is 5.76. The summed E-state index contributed by atoms with van der Waals surface area (Å²) in [6, 6.07) is 7.43. The summed E-state index contributed by atoms with van der Waals surface area (Å²) >= 11 is 0. The number of benzene rings is 1. The quantitative estimate of drug-likeness (QED) is 0.810. The van der Waals surface area contributed by atoms with Gasteiger partial charge in [-0.1, -0.05) is 26.0 Å². The summed E-state index contributed by atoms with van der Waals surface area (Å²) < 4.78 is 5.08. The molecule has 0 aliphatic carbocycles. The third-order valence-corrected chi connectivity index (χ3v) is 3.57. The molecule has 0 fully saturated rings. The molecule has 1 aromatic carbocycles. The smallest absolute Gasteiger partial charge is 0.311 e. The third-order valence-electron chi connectivity index (χ3n) is 3.57. The summed E-state index contributed by atoms with van der Waals surface area (Å²) in [6.07, 6.45) is 0.431. The van der Waals surface area contributed by atoms with Crippen LogP contribution in [0.2, 0.25) is 0 Å². The van der Waals surface area contributed by atoms with Gasteiger partial charge in [0.05, 0.1) is 12.5 Å². The molecule has 0 spiro atoms. The van der Waals surface area contributed by atoms with Gasteiger partial charge >= 0.3 is 5.97 Å². The van der Waals surface area contributed by atoms with Crippen LogP contribution in [-0.4, -0.2) is 24.7 Å². The summed E-state index contributed by atoms with van der Waals surface area (Å²) in [6.45, 7) is 3.92. The Morgan fingerprint density at radius 3 is 2.28 bits per heavy atom. The number of carbonyl (C=O) groups is 1. The van der Waals surface area contributed by atoms with Crippen molar-refractivity contribution in [1.82, 2.24) is 0 Å². The van der Waals surface area contributed by atoms with E-state index in [1.165, 1.54) is 0 Å². The van der Waals surface area contributed by atoms with E-state index >= 15 is 0 Å². The highest BCUT2D eigenvalue weighted by Crippen LogP contribution is 2.31. The maximum absolute atomic E-state index is 11.5. The lowest BCUT2D eigenvalue weighted by atomic mass is 9.73. The molecule has 0 radical (unpaired) electrons. The molecule has 18 heavy (non-hydrogen) atoms. The van der Waals surface area contributed by atoms with Crippen LogP contribution in [0.15, 0.2) is 24.3 Å². The zero-order valence-electron chi connectivity index (χ0n) is 11.1. The Kier molecular flexibility index (Phi) is 4.73. The molecule has 100 valence electrons. The number of carboxylic acids is 1. The zero-order chi connectivity index (χ0) is 13.8. The average Bonchev–Trinajstić information content (AvgIpc) is 2.36. The van der Waals surface area contributed by atoms with E-state index in [0.29, 0.717) is 6.42 Å². The standard InChI is InChI=1S/C14H21NO3/c1-10(2)14(9-15,13(16)17)8-11-4-6-12(18-3)7-5-11/h4-7,10H,8-9,15H2,1-3H3,(H,16,17). The van der Waals surface area contributed by atoms with Crippen molar-refractivity contribution in [2.24, 2.45) is 17.1 Å². The second-order valence-electron chi connectivity index (χ2n) is 4.84. The first-order valence-corrected chi connectivity index (χ1v) is 6.02. The van der Waals surface area contributed by atoms with Crippen molar-refractivity contribution in [2.75, 3.05) is 13.7 Å². The normalized spacial score (nSPS) is 14.3. The van der Waals surface area contributed by atoms with Gasteiger partial charge in [0.15, 0.2) is 0 Å². The number of hydrogen-bond acceptors (Lipinski definition) is 3. The van der Waals surface area contributed by atoms with Crippen LogP contribution in [0, 0.1) is 11.3 Å². The monoisotopic (exact) mass is 251 g/mol. The van der Waals surface area contributed by atoms with E-state index < -0.39 is 11.4 Å². The molecule has 3 N–H and O–H groups in total. The molecule has 0 saturated heterocycles. The van der Waals surface area contributed by atoms with Crippen molar-refractivity contribution >= 4 is 5.97 Å². The Hall–Kier alpha value is -1.55. The first-order chi connectivity index (χ1) is 8.46. The lowest BCUT2D eigenvalue weighted by Gasteiger charge is -2.32. The molecular formula is C14H21NO3. The Morgan fingerprint density at radius 1 is 1.39 bits per heavy atom. The largest absolute Gasteiger partial charge is 0.497 e. The second kappa shape index (κ2) is 5.87. The van der Waals surface area contributed by atoms with Crippen LogP contribution in [0.4, 0.5) is 0 Å². The number of carboxylic acid groups (broad SMARTS) is 1. The van der Waals surface area contributed by atoms with Gasteiger partial charge in [0.25, 0.3) is 0 Å². The molecule has 1 aromatic rings. The van der Waals surface area contributed by atoms with Crippen molar-refractivity contribution in [3.8, 4) is 5.75 Å². The van der Waals surface area contributed by atoms with Gasteiger partial charge < -0.3 is 15.6 Å². The fraction of sp³-hybridized carbons (Fsp3) is 0.500. The Bertz CT molecular complexity index is 400. The summed E-state index contributed by atoms with van der Waals surface area (Å²) in [5.74, 6) is -0.102. The molecule has 4 nitrogen and oxygen atoms in total. The number of aliphatic carboxylic acids is 1. The first kappa shape index (κ1) is 14.5. The van der Waals surface area contributed by atoms with E-state index in [1.54, 1.807) is 7.11 Å². The van der Waals surface area contributed by atoms with Gasteiger partial charge in [-0.3, -0.25) is 4.79 Å². The van der Waals surface area contributed by atoms with Crippen LogP contribution in [0.1, 0.15) is 19.4 Å². The fourth-order valence-corrected chi connectivity index (χ4v) is 2.03. The van der Waals surface area contributed by atoms with Crippen molar-refractivity contribution in [3.63, 3.8) is 0 Å². The van der Waals surface area contributed by atoms with E-state index in [9.17, 15) is 9.90 Å². The van der Waals surface area contributed by atoms with Gasteiger partial charge in [-0.05, 0) is 30.0 Å². The predicted molar refractivity (Wildman–Crippen MR) is 70.7 cm³/mol. The third kappa shape index (κ3) is 2.82. The summed E-state index contributed by atoms with van der Waals surface area (Å²) in [5, 5.41) is 9.45. The number of nitrogens with two attached hydrogens (primary N) is 1. The maximum Gasteiger partial charge on any atom is 0.311 e. The van der Waals surface area contributed by atoms with E-state index in [4.69, 9.17) is 10.5 Å². The number of methoxy groups -OCH3 is 1. The molecule has 0 bridgehead atoms. The van der Waals surface area contributed by atoms with Crippen LogP contribution in [0.3, 0.4) is 0 Å². The Balaban J connectivity index is 2.99. The lowest BCUT2D eigenvalue weighted by Crippen LogP contribution is -2.45. The highest BCUT2D eigenvalue weighted by Gasteiger charge is 2.40. The van der Waals surface area contributed by atoms with Crippen LogP contribution in [-0.2, 0) is 11.2 Å². The Morgan fingerprint density at radius 2 is 1.94 bits per heavy atom. The van der Waals surface area contributed by atoms with Gasteiger partial charge in [0.2, 0.25) is 0 Å². The molecule has 0 aliphatic rings. The molecule has 0 aromatic heterocycles. The Labute approximate surface area is 108 Å². The molecule has 1 atom stereocenters. The van der Waals surface area contributed by atoms with Crippen LogP contribution < -0.4 is 10.5 Å².